The molecule has 0 saturated heterocycles. The van der Waals surface area contributed by atoms with Gasteiger partial charge in [-0.3, -0.25) is 4.79 Å². The molecule has 0 aliphatic carbocycles. The third kappa shape index (κ3) is 7.83. The Hall–Kier alpha value is -2.44. The second-order valence-electron chi connectivity index (χ2n) is 8.09. The first kappa shape index (κ1) is 22.8. The highest BCUT2D eigenvalue weighted by Gasteiger charge is 2.13. The number of benzene rings is 2. The third-order valence-electron chi connectivity index (χ3n) is 4.50. The summed E-state index contributed by atoms with van der Waals surface area (Å²) in [4.78, 5) is 12.2. The normalized spacial score (nSPS) is 11.8. The first-order chi connectivity index (χ1) is 13.6. The molecule has 0 fully saturated rings. The Bertz CT molecular complexity index is 926. The van der Waals surface area contributed by atoms with E-state index >= 15 is 0 Å². The maximum atomic E-state index is 12.2. The van der Waals surface area contributed by atoms with Crippen LogP contribution in [0.3, 0.4) is 0 Å². The van der Waals surface area contributed by atoms with Crippen molar-refractivity contribution in [3.05, 3.63) is 77.9 Å². The fraction of sp³-hybridized carbons (Fsp3) is 0.348. The average molecular weight is 415 g/mol. The number of rotatable bonds is 9. The molecule has 0 atom stereocenters. The van der Waals surface area contributed by atoms with Gasteiger partial charge in [-0.1, -0.05) is 63.2 Å². The Morgan fingerprint density at radius 1 is 1.00 bits per heavy atom. The van der Waals surface area contributed by atoms with Crippen LogP contribution in [-0.4, -0.2) is 20.9 Å². The molecule has 0 heterocycles. The van der Waals surface area contributed by atoms with Crippen LogP contribution in [0.4, 0.5) is 5.69 Å². The molecule has 29 heavy (non-hydrogen) atoms. The van der Waals surface area contributed by atoms with Crippen molar-refractivity contribution in [2.45, 2.75) is 44.8 Å². The standard InChI is InChI=1S/C23H30N2O3S/c1-5-16-24-29(27,28)17-19-8-13-21(14-9-19)25-22(26)15-10-18-6-11-20(12-7-18)23(2,3)4/h5-9,11-14,24H,1,10,15-17H2,2-4H3,(H,25,26). The molecule has 156 valence electrons. The van der Waals surface area contributed by atoms with Gasteiger partial charge in [-0.25, -0.2) is 13.1 Å². The number of anilines is 1. The van der Waals surface area contributed by atoms with Gasteiger partial charge in [-0.05, 0) is 40.7 Å². The summed E-state index contributed by atoms with van der Waals surface area (Å²) in [5.74, 6) is -0.183. The van der Waals surface area contributed by atoms with E-state index in [1.54, 1.807) is 24.3 Å². The van der Waals surface area contributed by atoms with E-state index in [9.17, 15) is 13.2 Å². The van der Waals surface area contributed by atoms with Crippen LogP contribution in [0.25, 0.3) is 0 Å². The van der Waals surface area contributed by atoms with Gasteiger partial charge < -0.3 is 5.32 Å². The number of amides is 1. The summed E-state index contributed by atoms with van der Waals surface area (Å²) in [7, 11) is -3.39. The van der Waals surface area contributed by atoms with Crippen LogP contribution in [0.5, 0.6) is 0 Å². The van der Waals surface area contributed by atoms with Crippen molar-refractivity contribution in [2.24, 2.45) is 0 Å². The van der Waals surface area contributed by atoms with E-state index in [2.05, 4.69) is 61.7 Å². The van der Waals surface area contributed by atoms with E-state index in [-0.39, 0.29) is 23.6 Å². The highest BCUT2D eigenvalue weighted by atomic mass is 32.2. The molecule has 0 saturated carbocycles. The lowest BCUT2D eigenvalue weighted by Gasteiger charge is -2.19. The zero-order chi connectivity index (χ0) is 21.5. The molecule has 6 heteroatoms. The molecule has 2 aromatic rings. The number of sulfonamides is 1. The Morgan fingerprint density at radius 2 is 1.59 bits per heavy atom. The third-order valence-corrected chi connectivity index (χ3v) is 5.82. The minimum absolute atomic E-state index is 0.0714. The minimum atomic E-state index is -3.39. The van der Waals surface area contributed by atoms with E-state index in [1.165, 1.54) is 11.6 Å². The Balaban J connectivity index is 1.85. The van der Waals surface area contributed by atoms with Crippen molar-refractivity contribution in [2.75, 3.05) is 11.9 Å². The van der Waals surface area contributed by atoms with Gasteiger partial charge in [0.05, 0.1) is 5.75 Å². The van der Waals surface area contributed by atoms with Gasteiger partial charge in [-0.2, -0.15) is 0 Å². The van der Waals surface area contributed by atoms with Gasteiger partial charge >= 0.3 is 0 Å². The second-order valence-corrected chi connectivity index (χ2v) is 9.90. The predicted molar refractivity (Wildman–Crippen MR) is 119 cm³/mol. The Labute approximate surface area is 174 Å². The number of hydrogen-bond donors (Lipinski definition) is 2. The van der Waals surface area contributed by atoms with Crippen LogP contribution in [0.15, 0.2) is 61.2 Å². The molecule has 2 rings (SSSR count). The Kier molecular flexibility index (Phi) is 7.76. The van der Waals surface area contributed by atoms with Crippen molar-refractivity contribution in [3.63, 3.8) is 0 Å². The largest absolute Gasteiger partial charge is 0.326 e. The van der Waals surface area contributed by atoms with Crippen molar-refractivity contribution in [1.29, 1.82) is 0 Å². The van der Waals surface area contributed by atoms with Gasteiger partial charge in [0.15, 0.2) is 0 Å². The number of aryl methyl sites for hydroxylation is 1. The number of carbonyl (C=O) groups is 1. The quantitative estimate of drug-likeness (QED) is 0.605. The molecular formula is C23H30N2O3S. The summed E-state index contributed by atoms with van der Waals surface area (Å²) < 4.78 is 26.2. The van der Waals surface area contributed by atoms with E-state index in [4.69, 9.17) is 0 Å². The highest BCUT2D eigenvalue weighted by molar-refractivity contribution is 7.88. The molecule has 0 unspecified atom stereocenters. The summed E-state index contributed by atoms with van der Waals surface area (Å²) in [5, 5.41) is 2.85. The van der Waals surface area contributed by atoms with Gasteiger partial charge in [-0.15, -0.1) is 6.58 Å². The highest BCUT2D eigenvalue weighted by Crippen LogP contribution is 2.22. The van der Waals surface area contributed by atoms with Crippen LogP contribution in [0.2, 0.25) is 0 Å². The van der Waals surface area contributed by atoms with Gasteiger partial charge in [0.25, 0.3) is 0 Å². The lowest BCUT2D eigenvalue weighted by atomic mass is 9.86. The monoisotopic (exact) mass is 414 g/mol. The Morgan fingerprint density at radius 3 is 2.14 bits per heavy atom. The van der Waals surface area contributed by atoms with E-state index in [0.29, 0.717) is 24.1 Å². The summed E-state index contributed by atoms with van der Waals surface area (Å²) in [6.45, 7) is 10.2. The second kappa shape index (κ2) is 9.85. The summed E-state index contributed by atoms with van der Waals surface area (Å²) in [6.07, 6.45) is 2.55. The summed E-state index contributed by atoms with van der Waals surface area (Å²) in [6, 6.07) is 15.2. The summed E-state index contributed by atoms with van der Waals surface area (Å²) in [5.41, 5.74) is 3.81. The molecule has 2 aromatic carbocycles. The molecule has 0 aromatic heterocycles. The van der Waals surface area contributed by atoms with Crippen molar-refractivity contribution < 1.29 is 13.2 Å². The predicted octanol–water partition coefficient (Wildman–Crippen LogP) is 4.16. The molecular weight excluding hydrogens is 384 g/mol. The number of carbonyl (C=O) groups excluding carboxylic acids is 1. The smallest absolute Gasteiger partial charge is 0.224 e. The molecule has 0 aliphatic heterocycles. The first-order valence-electron chi connectivity index (χ1n) is 9.65. The maximum Gasteiger partial charge on any atom is 0.224 e. The van der Waals surface area contributed by atoms with Crippen LogP contribution in [0.1, 0.15) is 43.9 Å². The summed E-state index contributed by atoms with van der Waals surface area (Å²) >= 11 is 0. The van der Waals surface area contributed by atoms with Crippen molar-refractivity contribution in [1.82, 2.24) is 4.72 Å². The lowest BCUT2D eigenvalue weighted by molar-refractivity contribution is -0.116. The number of nitrogens with one attached hydrogen (secondary N) is 2. The molecule has 0 radical (unpaired) electrons. The maximum absolute atomic E-state index is 12.2. The molecule has 2 N–H and O–H groups in total. The van der Waals surface area contributed by atoms with Crippen LogP contribution in [-0.2, 0) is 32.4 Å². The fourth-order valence-electron chi connectivity index (χ4n) is 2.79. The molecule has 5 nitrogen and oxygen atoms in total. The lowest BCUT2D eigenvalue weighted by Crippen LogP contribution is -2.25. The minimum Gasteiger partial charge on any atom is -0.326 e. The van der Waals surface area contributed by atoms with Gasteiger partial charge in [0.1, 0.15) is 0 Å². The topological polar surface area (TPSA) is 75.3 Å². The molecule has 1 amide bonds. The van der Waals surface area contributed by atoms with E-state index < -0.39 is 10.0 Å². The molecule has 0 bridgehead atoms. The molecule has 0 aliphatic rings. The van der Waals surface area contributed by atoms with Crippen LogP contribution >= 0.6 is 0 Å². The van der Waals surface area contributed by atoms with Crippen LogP contribution in [0, 0.1) is 0 Å². The van der Waals surface area contributed by atoms with E-state index in [1.807, 2.05) is 0 Å². The van der Waals surface area contributed by atoms with Crippen molar-refractivity contribution >= 4 is 21.6 Å². The first-order valence-corrected chi connectivity index (χ1v) is 11.3. The van der Waals surface area contributed by atoms with Gasteiger partial charge in [0, 0.05) is 18.7 Å². The van der Waals surface area contributed by atoms with Crippen molar-refractivity contribution in [3.8, 4) is 0 Å². The zero-order valence-corrected chi connectivity index (χ0v) is 18.2. The molecule has 0 spiro atoms. The average Bonchev–Trinajstić information content (AvgIpc) is 2.66. The van der Waals surface area contributed by atoms with Crippen LogP contribution < -0.4 is 10.0 Å². The van der Waals surface area contributed by atoms with E-state index in [0.717, 1.165) is 5.56 Å². The SMILES string of the molecule is C=CCNS(=O)(=O)Cc1ccc(NC(=O)CCc2ccc(C(C)(C)C)cc2)cc1. The van der Waals surface area contributed by atoms with Gasteiger partial charge in [0.2, 0.25) is 15.9 Å². The number of hydrogen-bond acceptors (Lipinski definition) is 3. The zero-order valence-electron chi connectivity index (χ0n) is 17.4. The fourth-order valence-corrected chi connectivity index (χ4v) is 3.90.